The first-order valence-electron chi connectivity index (χ1n) is 4.11. The Morgan fingerprint density at radius 3 is 2.53 bits per heavy atom. The maximum atomic E-state index is 11.3. The number of carbonyl (C=O) groups excluding carboxylic acids is 1. The van der Waals surface area contributed by atoms with E-state index in [9.17, 15) is 13.2 Å². The smallest absolute Gasteiger partial charge is 0.338 e. The van der Waals surface area contributed by atoms with Crippen LogP contribution in [0, 0.1) is 0 Å². The van der Waals surface area contributed by atoms with Gasteiger partial charge in [-0.3, -0.25) is 0 Å². The van der Waals surface area contributed by atoms with Crippen molar-refractivity contribution in [1.29, 1.82) is 0 Å². The van der Waals surface area contributed by atoms with Crippen LogP contribution in [0.2, 0.25) is 0 Å². The van der Waals surface area contributed by atoms with E-state index in [4.69, 9.17) is 5.14 Å². The Labute approximate surface area is 87.9 Å². The summed E-state index contributed by atoms with van der Waals surface area (Å²) in [7, 11) is -2.42. The van der Waals surface area contributed by atoms with E-state index in [1.54, 1.807) is 12.1 Å². The van der Waals surface area contributed by atoms with Crippen LogP contribution in [0.3, 0.4) is 0 Å². The maximum absolute atomic E-state index is 11.3. The van der Waals surface area contributed by atoms with Gasteiger partial charge in [0, 0.05) is 0 Å². The second-order valence-electron chi connectivity index (χ2n) is 2.96. The molecule has 0 unspecified atom stereocenters. The van der Waals surface area contributed by atoms with Gasteiger partial charge in [0.25, 0.3) is 0 Å². The van der Waals surface area contributed by atoms with Crippen LogP contribution in [0.5, 0.6) is 0 Å². The number of primary sulfonamides is 1. The second kappa shape index (κ2) is 4.41. The van der Waals surface area contributed by atoms with Crippen molar-refractivity contribution in [3.8, 4) is 0 Å². The Hall–Kier alpha value is -1.40. The molecule has 5 nitrogen and oxygen atoms in total. The Bertz CT molecular complexity index is 467. The van der Waals surface area contributed by atoms with E-state index in [-0.39, 0.29) is 11.3 Å². The number of carbonyl (C=O) groups is 1. The van der Waals surface area contributed by atoms with E-state index in [1.165, 1.54) is 19.2 Å². The topological polar surface area (TPSA) is 86.5 Å². The molecule has 82 valence electrons. The lowest BCUT2D eigenvalue weighted by Gasteiger charge is -2.05. The highest BCUT2D eigenvalue weighted by Crippen LogP contribution is 2.12. The molecule has 6 heteroatoms. The Balaban J connectivity index is 3.13. The van der Waals surface area contributed by atoms with Crippen LogP contribution in [0.15, 0.2) is 24.3 Å². The van der Waals surface area contributed by atoms with Crippen molar-refractivity contribution in [2.24, 2.45) is 5.14 Å². The van der Waals surface area contributed by atoms with Gasteiger partial charge in [-0.1, -0.05) is 18.2 Å². The molecular formula is C9H11NO4S. The Kier molecular flexibility index (Phi) is 3.43. The average molecular weight is 229 g/mol. The van der Waals surface area contributed by atoms with E-state index < -0.39 is 16.0 Å². The van der Waals surface area contributed by atoms with Crippen molar-refractivity contribution < 1.29 is 17.9 Å². The minimum absolute atomic E-state index is 0.217. The van der Waals surface area contributed by atoms with Gasteiger partial charge in [-0.2, -0.15) is 0 Å². The summed E-state index contributed by atoms with van der Waals surface area (Å²) in [6.45, 7) is 0. The van der Waals surface area contributed by atoms with E-state index in [0.29, 0.717) is 5.56 Å². The van der Waals surface area contributed by atoms with Gasteiger partial charge in [0.15, 0.2) is 0 Å². The van der Waals surface area contributed by atoms with E-state index >= 15 is 0 Å². The molecule has 0 spiro atoms. The zero-order valence-electron chi connectivity index (χ0n) is 8.14. The fraction of sp³-hybridized carbons (Fsp3) is 0.222. The third kappa shape index (κ3) is 3.34. The molecule has 0 aliphatic rings. The average Bonchev–Trinajstić information content (AvgIpc) is 2.15. The second-order valence-corrected chi connectivity index (χ2v) is 4.57. The predicted octanol–water partition coefficient (Wildman–Crippen LogP) is 0.262. The molecule has 0 aliphatic carbocycles. The van der Waals surface area contributed by atoms with Gasteiger partial charge in [-0.05, 0) is 11.6 Å². The predicted molar refractivity (Wildman–Crippen MR) is 54.6 cm³/mol. The summed E-state index contributed by atoms with van der Waals surface area (Å²) in [4.78, 5) is 11.3. The fourth-order valence-electron chi connectivity index (χ4n) is 1.17. The Morgan fingerprint density at radius 2 is 2.00 bits per heavy atom. The monoisotopic (exact) mass is 229 g/mol. The molecule has 0 bridgehead atoms. The number of nitrogens with two attached hydrogens (primary N) is 1. The summed E-state index contributed by atoms with van der Waals surface area (Å²) in [5, 5.41) is 4.90. The maximum Gasteiger partial charge on any atom is 0.338 e. The molecule has 0 fully saturated rings. The summed E-state index contributed by atoms with van der Waals surface area (Å²) >= 11 is 0. The summed E-state index contributed by atoms with van der Waals surface area (Å²) in [5.74, 6) is -0.951. The number of hydrogen-bond acceptors (Lipinski definition) is 4. The Morgan fingerprint density at radius 1 is 1.40 bits per heavy atom. The van der Waals surface area contributed by atoms with Crippen molar-refractivity contribution in [2.45, 2.75) is 5.75 Å². The van der Waals surface area contributed by atoms with Crippen molar-refractivity contribution in [1.82, 2.24) is 0 Å². The molecule has 0 aromatic heterocycles. The fourth-order valence-corrected chi connectivity index (χ4v) is 1.86. The standard InChI is InChI=1S/C9H11NO4S/c1-14-9(11)8-5-3-2-4-7(8)6-15(10,12)13/h2-5H,6H2,1H3,(H2,10,12,13). The molecule has 0 saturated carbocycles. The van der Waals surface area contributed by atoms with Gasteiger partial charge in [-0.25, -0.2) is 18.4 Å². The van der Waals surface area contributed by atoms with E-state index in [0.717, 1.165) is 0 Å². The van der Waals surface area contributed by atoms with Gasteiger partial charge in [0.05, 0.1) is 18.4 Å². The van der Waals surface area contributed by atoms with Crippen molar-refractivity contribution in [2.75, 3.05) is 7.11 Å². The van der Waals surface area contributed by atoms with Crippen molar-refractivity contribution in [3.05, 3.63) is 35.4 Å². The largest absolute Gasteiger partial charge is 0.465 e. The summed E-state index contributed by atoms with van der Waals surface area (Å²) in [6, 6.07) is 6.27. The molecule has 0 saturated heterocycles. The van der Waals surface area contributed by atoms with Crippen LogP contribution in [0.4, 0.5) is 0 Å². The first kappa shape index (κ1) is 11.7. The van der Waals surface area contributed by atoms with Gasteiger partial charge < -0.3 is 4.74 Å². The molecule has 0 atom stereocenters. The number of hydrogen-bond donors (Lipinski definition) is 1. The minimum atomic E-state index is -3.65. The SMILES string of the molecule is COC(=O)c1ccccc1CS(N)(=O)=O. The van der Waals surface area contributed by atoms with Gasteiger partial charge in [0.1, 0.15) is 0 Å². The molecule has 1 rings (SSSR count). The number of rotatable bonds is 3. The highest BCUT2D eigenvalue weighted by atomic mass is 32.2. The van der Waals surface area contributed by atoms with E-state index in [2.05, 4.69) is 4.74 Å². The molecule has 0 amide bonds. The van der Waals surface area contributed by atoms with Crippen molar-refractivity contribution >= 4 is 16.0 Å². The van der Waals surface area contributed by atoms with Crippen LogP contribution in [0.25, 0.3) is 0 Å². The van der Waals surface area contributed by atoms with Crippen molar-refractivity contribution in [3.63, 3.8) is 0 Å². The normalized spacial score (nSPS) is 11.1. The first-order valence-corrected chi connectivity index (χ1v) is 5.82. The number of ether oxygens (including phenoxy) is 1. The number of esters is 1. The molecule has 15 heavy (non-hydrogen) atoms. The summed E-state index contributed by atoms with van der Waals surface area (Å²) in [6.07, 6.45) is 0. The van der Waals surface area contributed by atoms with Crippen LogP contribution < -0.4 is 5.14 Å². The molecule has 0 heterocycles. The van der Waals surface area contributed by atoms with E-state index in [1.807, 2.05) is 0 Å². The highest BCUT2D eigenvalue weighted by molar-refractivity contribution is 7.88. The lowest BCUT2D eigenvalue weighted by Crippen LogP contribution is -2.17. The lowest BCUT2D eigenvalue weighted by molar-refractivity contribution is 0.0600. The molecule has 2 N–H and O–H groups in total. The van der Waals surface area contributed by atoms with Gasteiger partial charge in [-0.15, -0.1) is 0 Å². The van der Waals surface area contributed by atoms with Gasteiger partial charge >= 0.3 is 5.97 Å². The highest BCUT2D eigenvalue weighted by Gasteiger charge is 2.14. The molecule has 1 aromatic rings. The lowest BCUT2D eigenvalue weighted by atomic mass is 10.1. The zero-order valence-corrected chi connectivity index (χ0v) is 8.95. The summed E-state index contributed by atoms with van der Waals surface area (Å²) < 4.78 is 26.3. The molecule has 1 aromatic carbocycles. The molecular weight excluding hydrogens is 218 g/mol. The van der Waals surface area contributed by atoms with Crippen LogP contribution in [-0.2, 0) is 20.5 Å². The number of benzene rings is 1. The number of sulfonamides is 1. The van der Waals surface area contributed by atoms with Gasteiger partial charge in [0.2, 0.25) is 10.0 Å². The third-order valence-corrected chi connectivity index (χ3v) is 2.49. The number of methoxy groups -OCH3 is 1. The first-order chi connectivity index (χ1) is 6.94. The molecule has 0 aliphatic heterocycles. The summed E-state index contributed by atoms with van der Waals surface area (Å²) in [5.41, 5.74) is 0.556. The quantitative estimate of drug-likeness (QED) is 0.753. The zero-order chi connectivity index (χ0) is 11.5. The molecule has 0 radical (unpaired) electrons. The third-order valence-electron chi connectivity index (χ3n) is 1.78. The van der Waals surface area contributed by atoms with Crippen LogP contribution in [-0.4, -0.2) is 21.5 Å². The van der Waals surface area contributed by atoms with Crippen LogP contribution in [0.1, 0.15) is 15.9 Å². The minimum Gasteiger partial charge on any atom is -0.465 e. The van der Waals surface area contributed by atoms with Crippen LogP contribution >= 0.6 is 0 Å².